The van der Waals surface area contributed by atoms with E-state index in [0.717, 1.165) is 39.1 Å². The van der Waals surface area contributed by atoms with E-state index in [1.807, 2.05) is 6.07 Å². The molecule has 0 aliphatic carbocycles. The Balaban J connectivity index is 1.66. The van der Waals surface area contributed by atoms with E-state index in [-0.39, 0.29) is 0 Å². The molecule has 1 heterocycles. The maximum Gasteiger partial charge on any atom is 0.238 e. The lowest BCUT2D eigenvalue weighted by Crippen LogP contribution is -2.47. The van der Waals surface area contributed by atoms with Crippen LogP contribution in [0, 0.1) is 0 Å². The molecule has 1 aromatic carbocycles. The van der Waals surface area contributed by atoms with Gasteiger partial charge in [-0.1, -0.05) is 18.2 Å². The van der Waals surface area contributed by atoms with Crippen LogP contribution in [0.2, 0.25) is 0 Å². The standard InChI is InChI=1S/C19H31N3O3S/c1-16(2)26(24,25)17(3)19(23)20-10-7-11-21-12-14-22(15-13-21)18-8-5-4-6-9-18/h4-6,8-9,16-17H,7,10-15H2,1-3H3,(H,20,23). The molecule has 1 aliphatic rings. The Morgan fingerprint density at radius 1 is 1.08 bits per heavy atom. The lowest BCUT2D eigenvalue weighted by atomic mass is 10.2. The molecular formula is C19H31N3O3S. The van der Waals surface area contributed by atoms with Gasteiger partial charge in [0.1, 0.15) is 5.25 Å². The third-order valence-electron chi connectivity index (χ3n) is 4.96. The van der Waals surface area contributed by atoms with Gasteiger partial charge in [-0.15, -0.1) is 0 Å². The van der Waals surface area contributed by atoms with Crippen LogP contribution in [0.4, 0.5) is 5.69 Å². The molecule has 1 unspecified atom stereocenters. The molecule has 2 rings (SSSR count). The van der Waals surface area contributed by atoms with Gasteiger partial charge in [0.25, 0.3) is 0 Å². The molecule has 1 aliphatic heterocycles. The predicted molar refractivity (Wildman–Crippen MR) is 106 cm³/mol. The number of amides is 1. The van der Waals surface area contributed by atoms with E-state index < -0.39 is 26.2 Å². The van der Waals surface area contributed by atoms with Gasteiger partial charge in [0.15, 0.2) is 9.84 Å². The van der Waals surface area contributed by atoms with Gasteiger partial charge in [-0.25, -0.2) is 8.42 Å². The summed E-state index contributed by atoms with van der Waals surface area (Å²) in [5, 5.41) is 1.24. The van der Waals surface area contributed by atoms with Gasteiger partial charge >= 0.3 is 0 Å². The predicted octanol–water partition coefficient (Wildman–Crippen LogP) is 1.53. The van der Waals surface area contributed by atoms with Crippen molar-refractivity contribution in [2.45, 2.75) is 37.7 Å². The molecule has 6 nitrogen and oxygen atoms in total. The quantitative estimate of drug-likeness (QED) is 0.692. The summed E-state index contributed by atoms with van der Waals surface area (Å²) in [6, 6.07) is 10.4. The molecule has 7 heteroatoms. The molecule has 1 atom stereocenters. The summed E-state index contributed by atoms with van der Waals surface area (Å²) in [4.78, 5) is 16.8. The van der Waals surface area contributed by atoms with Crippen molar-refractivity contribution < 1.29 is 13.2 Å². The molecule has 0 radical (unpaired) electrons. The van der Waals surface area contributed by atoms with Crippen LogP contribution in [0.5, 0.6) is 0 Å². The summed E-state index contributed by atoms with van der Waals surface area (Å²) in [7, 11) is -3.39. The number of para-hydroxylation sites is 1. The highest BCUT2D eigenvalue weighted by Gasteiger charge is 2.30. The van der Waals surface area contributed by atoms with Gasteiger partial charge in [-0.3, -0.25) is 9.69 Å². The molecule has 1 saturated heterocycles. The molecule has 0 spiro atoms. The van der Waals surface area contributed by atoms with Gasteiger partial charge in [-0.05, 0) is 45.9 Å². The van der Waals surface area contributed by atoms with Crippen molar-refractivity contribution in [2.75, 3.05) is 44.2 Å². The number of nitrogens with one attached hydrogen (secondary N) is 1. The minimum atomic E-state index is -3.39. The summed E-state index contributed by atoms with van der Waals surface area (Å²) in [6.07, 6.45) is 0.825. The number of carbonyl (C=O) groups is 1. The maximum atomic E-state index is 12.0. The largest absolute Gasteiger partial charge is 0.369 e. The lowest BCUT2D eigenvalue weighted by Gasteiger charge is -2.36. The number of piperazine rings is 1. The normalized spacial score (nSPS) is 17.3. The van der Waals surface area contributed by atoms with Crippen molar-refractivity contribution in [1.82, 2.24) is 10.2 Å². The third kappa shape index (κ3) is 5.45. The molecule has 0 aromatic heterocycles. The summed E-state index contributed by atoms with van der Waals surface area (Å²) in [5.74, 6) is -0.396. The first kappa shape index (κ1) is 20.7. The zero-order valence-electron chi connectivity index (χ0n) is 16.0. The Kier molecular flexibility index (Phi) is 7.46. The number of carbonyl (C=O) groups excluding carboxylic acids is 1. The number of hydrogen-bond donors (Lipinski definition) is 1. The van der Waals surface area contributed by atoms with Crippen LogP contribution in [0.25, 0.3) is 0 Å². The van der Waals surface area contributed by atoms with Crippen LogP contribution in [0.1, 0.15) is 27.2 Å². The van der Waals surface area contributed by atoms with Crippen molar-refractivity contribution in [3.8, 4) is 0 Å². The third-order valence-corrected chi connectivity index (χ3v) is 7.48. The Morgan fingerprint density at radius 3 is 2.27 bits per heavy atom. The van der Waals surface area contributed by atoms with E-state index in [9.17, 15) is 13.2 Å². The van der Waals surface area contributed by atoms with E-state index in [1.54, 1.807) is 13.8 Å². The number of nitrogens with zero attached hydrogens (tertiary/aromatic N) is 2. The zero-order chi connectivity index (χ0) is 19.2. The highest BCUT2D eigenvalue weighted by atomic mass is 32.2. The van der Waals surface area contributed by atoms with E-state index in [2.05, 4.69) is 39.4 Å². The highest BCUT2D eigenvalue weighted by Crippen LogP contribution is 2.15. The van der Waals surface area contributed by atoms with Crippen molar-refractivity contribution in [2.24, 2.45) is 0 Å². The first-order valence-corrected chi connectivity index (χ1v) is 11.0. The zero-order valence-corrected chi connectivity index (χ0v) is 16.8. The minimum Gasteiger partial charge on any atom is -0.369 e. The van der Waals surface area contributed by atoms with Gasteiger partial charge < -0.3 is 10.2 Å². The fourth-order valence-corrected chi connectivity index (χ4v) is 4.28. The van der Waals surface area contributed by atoms with Crippen LogP contribution in [-0.4, -0.2) is 69.0 Å². The van der Waals surface area contributed by atoms with Gasteiger partial charge in [0.05, 0.1) is 5.25 Å². The SMILES string of the molecule is CC(C)S(=O)(=O)C(C)C(=O)NCCCN1CCN(c2ccccc2)CC1. The molecule has 26 heavy (non-hydrogen) atoms. The first-order valence-electron chi connectivity index (χ1n) is 9.35. The van der Waals surface area contributed by atoms with E-state index in [1.165, 1.54) is 12.6 Å². The monoisotopic (exact) mass is 381 g/mol. The number of sulfone groups is 1. The van der Waals surface area contributed by atoms with Crippen LogP contribution in [-0.2, 0) is 14.6 Å². The average molecular weight is 382 g/mol. The van der Waals surface area contributed by atoms with Crippen LogP contribution >= 0.6 is 0 Å². The molecular weight excluding hydrogens is 350 g/mol. The van der Waals surface area contributed by atoms with Crippen molar-refractivity contribution in [1.29, 1.82) is 0 Å². The molecule has 146 valence electrons. The van der Waals surface area contributed by atoms with Crippen molar-refractivity contribution >= 4 is 21.4 Å². The Morgan fingerprint density at radius 2 is 1.69 bits per heavy atom. The molecule has 1 aromatic rings. The van der Waals surface area contributed by atoms with Crippen LogP contribution < -0.4 is 10.2 Å². The molecule has 1 fully saturated rings. The van der Waals surface area contributed by atoms with Crippen LogP contribution in [0.15, 0.2) is 30.3 Å². The molecule has 1 amide bonds. The first-order chi connectivity index (χ1) is 12.3. The number of hydrogen-bond acceptors (Lipinski definition) is 5. The summed E-state index contributed by atoms with van der Waals surface area (Å²) in [6.45, 7) is 10.1. The second kappa shape index (κ2) is 9.37. The fourth-order valence-electron chi connectivity index (χ4n) is 3.08. The van der Waals surface area contributed by atoms with Gasteiger partial charge in [0.2, 0.25) is 5.91 Å². The molecule has 0 saturated carbocycles. The lowest BCUT2D eigenvalue weighted by molar-refractivity contribution is -0.120. The van der Waals surface area contributed by atoms with Gasteiger partial charge in [-0.2, -0.15) is 0 Å². The average Bonchev–Trinajstić information content (AvgIpc) is 2.65. The number of benzene rings is 1. The second-order valence-electron chi connectivity index (χ2n) is 7.09. The van der Waals surface area contributed by atoms with Gasteiger partial charge in [0, 0.05) is 38.4 Å². The summed E-state index contributed by atoms with van der Waals surface area (Å²) < 4.78 is 24.1. The van der Waals surface area contributed by atoms with Crippen LogP contribution in [0.3, 0.4) is 0 Å². The van der Waals surface area contributed by atoms with Crippen molar-refractivity contribution in [3.63, 3.8) is 0 Å². The summed E-state index contributed by atoms with van der Waals surface area (Å²) in [5.41, 5.74) is 1.26. The van der Waals surface area contributed by atoms with Crippen molar-refractivity contribution in [3.05, 3.63) is 30.3 Å². The second-order valence-corrected chi connectivity index (χ2v) is 9.92. The summed E-state index contributed by atoms with van der Waals surface area (Å²) >= 11 is 0. The Labute approximate surface area is 157 Å². The van der Waals surface area contributed by atoms with E-state index in [0.29, 0.717) is 6.54 Å². The highest BCUT2D eigenvalue weighted by molar-refractivity contribution is 7.93. The maximum absolute atomic E-state index is 12.0. The molecule has 1 N–H and O–H groups in total. The topological polar surface area (TPSA) is 69.7 Å². The fraction of sp³-hybridized carbons (Fsp3) is 0.632. The number of rotatable bonds is 8. The minimum absolute atomic E-state index is 0.396. The molecule has 0 bridgehead atoms. The van der Waals surface area contributed by atoms with E-state index >= 15 is 0 Å². The Bertz CT molecular complexity index is 669. The Hall–Kier alpha value is -1.60. The smallest absolute Gasteiger partial charge is 0.238 e. The number of anilines is 1. The van der Waals surface area contributed by atoms with E-state index in [4.69, 9.17) is 0 Å².